The molecule has 0 amide bonds. The third-order valence-corrected chi connectivity index (χ3v) is 2.63. The molecule has 100 valence electrons. The maximum atomic E-state index is 3.94. The molecule has 0 aromatic rings. The monoisotopic (exact) mass is 272 g/mol. The third kappa shape index (κ3) is 22.4. The summed E-state index contributed by atoms with van der Waals surface area (Å²) >= 11 is 0. The Morgan fingerprint density at radius 2 is 1.06 bits per heavy atom. The Labute approximate surface area is 126 Å². The Kier molecular flexibility index (Phi) is 25.6. The summed E-state index contributed by atoms with van der Waals surface area (Å²) in [6.45, 7) is 16.6. The summed E-state index contributed by atoms with van der Waals surface area (Å²) in [7, 11) is 0. The maximum absolute atomic E-state index is 3.94. The second kappa shape index (κ2) is 19.1. The summed E-state index contributed by atoms with van der Waals surface area (Å²) < 4.78 is 0. The van der Waals surface area contributed by atoms with E-state index in [1.165, 1.54) is 38.5 Å². The van der Waals surface area contributed by atoms with Gasteiger partial charge in [-0.1, -0.05) is 40.5 Å². The van der Waals surface area contributed by atoms with Crippen molar-refractivity contribution in [1.82, 2.24) is 0 Å². The molecule has 0 aliphatic heterocycles. The molecule has 1 heteroatoms. The predicted octanol–water partition coefficient (Wildman–Crippen LogP) is 5.70. The van der Waals surface area contributed by atoms with Gasteiger partial charge in [-0.3, -0.25) is 0 Å². The maximum Gasteiger partial charge on any atom is 4.00 e. The van der Waals surface area contributed by atoms with Crippen LogP contribution in [0.4, 0.5) is 0 Å². The summed E-state index contributed by atoms with van der Waals surface area (Å²) in [5.41, 5.74) is 0. The van der Waals surface area contributed by atoms with Crippen LogP contribution in [-0.4, -0.2) is 0 Å². The smallest absolute Gasteiger partial charge is 0.369 e. The Hall–Kier alpha value is 0.714. The zero-order valence-corrected chi connectivity index (χ0v) is 14.0. The van der Waals surface area contributed by atoms with Crippen molar-refractivity contribution in [3.63, 3.8) is 0 Å². The summed E-state index contributed by atoms with van der Waals surface area (Å²) in [5.74, 6) is 1.16. The van der Waals surface area contributed by atoms with Gasteiger partial charge in [0.05, 0.1) is 0 Å². The van der Waals surface area contributed by atoms with Gasteiger partial charge in [0.25, 0.3) is 0 Å². The van der Waals surface area contributed by atoms with Crippen molar-refractivity contribution in [1.29, 1.82) is 0 Å². The summed E-state index contributed by atoms with van der Waals surface area (Å²) in [4.78, 5) is 0. The van der Waals surface area contributed by atoms with Crippen molar-refractivity contribution in [3.8, 4) is 0 Å². The van der Waals surface area contributed by atoms with Crippen LogP contribution in [0.1, 0.15) is 66.2 Å². The largest absolute Gasteiger partial charge is 4.00 e. The quantitative estimate of drug-likeness (QED) is 0.393. The van der Waals surface area contributed by atoms with E-state index < -0.39 is 0 Å². The van der Waals surface area contributed by atoms with E-state index in [0.29, 0.717) is 11.8 Å². The van der Waals surface area contributed by atoms with Gasteiger partial charge in [-0.15, -0.1) is 12.8 Å². The van der Waals surface area contributed by atoms with Gasteiger partial charge >= 0.3 is 21.7 Å². The molecule has 0 radical (unpaired) electrons. The van der Waals surface area contributed by atoms with E-state index in [2.05, 4.69) is 54.4 Å². The van der Waals surface area contributed by atoms with Crippen molar-refractivity contribution in [2.24, 2.45) is 11.8 Å². The molecule has 0 aliphatic rings. The fourth-order valence-electron chi connectivity index (χ4n) is 1.14. The number of unbranched alkanes of at least 4 members (excludes halogenated alkanes) is 2. The molecular formula is C16H32Ti. The van der Waals surface area contributed by atoms with Gasteiger partial charge in [-0.25, -0.2) is 0 Å². The van der Waals surface area contributed by atoms with Crippen LogP contribution in [0.2, 0.25) is 0 Å². The molecule has 0 N–H and O–H groups in total. The Balaban J connectivity index is -0.000000218. The number of hydrogen-bond acceptors (Lipinski definition) is 0. The Bertz CT molecular complexity index is 98.1. The van der Waals surface area contributed by atoms with E-state index in [1.807, 2.05) is 0 Å². The van der Waals surface area contributed by atoms with Crippen LogP contribution in [-0.2, 0) is 21.7 Å². The second-order valence-corrected chi connectivity index (χ2v) is 4.39. The fraction of sp³-hybridized carbons (Fsp3) is 0.750. The van der Waals surface area contributed by atoms with Gasteiger partial charge in [0.1, 0.15) is 0 Å². The van der Waals surface area contributed by atoms with Crippen LogP contribution < -0.4 is 0 Å². The molecule has 0 aromatic heterocycles. The average molecular weight is 272 g/mol. The van der Waals surface area contributed by atoms with Gasteiger partial charge in [0.2, 0.25) is 0 Å². The molecule has 0 bridgehead atoms. The minimum atomic E-state index is 0. The van der Waals surface area contributed by atoms with E-state index in [9.17, 15) is 0 Å². The van der Waals surface area contributed by atoms with Crippen molar-refractivity contribution >= 4 is 0 Å². The van der Waals surface area contributed by atoms with E-state index in [-0.39, 0.29) is 21.7 Å². The van der Waals surface area contributed by atoms with Gasteiger partial charge in [0, 0.05) is 0 Å². The third-order valence-electron chi connectivity index (χ3n) is 2.63. The van der Waals surface area contributed by atoms with E-state index in [0.717, 1.165) is 0 Å². The van der Waals surface area contributed by atoms with Gasteiger partial charge < -0.3 is 38.5 Å². The first-order valence-corrected chi connectivity index (χ1v) is 6.94. The van der Waals surface area contributed by atoms with Crippen molar-refractivity contribution < 1.29 is 21.7 Å². The van der Waals surface area contributed by atoms with Crippen LogP contribution in [0.3, 0.4) is 0 Å². The Morgan fingerprint density at radius 3 is 1.24 bits per heavy atom. The minimum absolute atomic E-state index is 0. The molecule has 0 heterocycles. The molecule has 0 aromatic carbocycles. The summed E-state index contributed by atoms with van der Waals surface area (Å²) in [6.07, 6.45) is 11.9. The minimum Gasteiger partial charge on any atom is -0.369 e. The summed E-state index contributed by atoms with van der Waals surface area (Å²) in [6, 6.07) is 0. The van der Waals surface area contributed by atoms with Crippen LogP contribution in [0, 0.1) is 38.5 Å². The van der Waals surface area contributed by atoms with E-state index in [4.69, 9.17) is 0 Å². The van der Waals surface area contributed by atoms with E-state index >= 15 is 0 Å². The number of rotatable bonds is 8. The molecule has 0 rings (SSSR count). The van der Waals surface area contributed by atoms with Crippen molar-refractivity contribution in [2.75, 3.05) is 0 Å². The standard InChI is InChI=1S/2C8H16.Ti/c2*1-4-6-7-8(3)5-2;/h2*7-8H,3-6H2,1-2H3;/q2*-2;+4. The van der Waals surface area contributed by atoms with Crippen LogP contribution in [0.5, 0.6) is 0 Å². The second-order valence-electron chi connectivity index (χ2n) is 4.39. The first kappa shape index (κ1) is 22.9. The fourth-order valence-corrected chi connectivity index (χ4v) is 1.14. The normalized spacial score (nSPS) is 13.1. The van der Waals surface area contributed by atoms with Gasteiger partial charge in [0.15, 0.2) is 0 Å². The van der Waals surface area contributed by atoms with Crippen LogP contribution in [0.15, 0.2) is 0 Å². The molecule has 0 saturated carbocycles. The summed E-state index contributed by atoms with van der Waals surface area (Å²) in [5, 5.41) is 0. The SMILES string of the molecule is [CH2-]C([CH-]CCC)CC.[CH2-]C([CH-]CCC)CC.[Ti+4]. The molecule has 2 atom stereocenters. The number of hydrogen-bond donors (Lipinski definition) is 0. The van der Waals surface area contributed by atoms with E-state index in [1.54, 1.807) is 0 Å². The zero-order valence-electron chi connectivity index (χ0n) is 12.5. The molecule has 0 aliphatic carbocycles. The van der Waals surface area contributed by atoms with Crippen molar-refractivity contribution in [3.05, 3.63) is 26.7 Å². The molecule has 0 nitrogen and oxygen atoms in total. The molecule has 0 saturated heterocycles. The predicted molar refractivity (Wildman–Crippen MR) is 76.7 cm³/mol. The molecule has 0 fully saturated rings. The molecular weight excluding hydrogens is 240 g/mol. The Morgan fingerprint density at radius 1 is 0.765 bits per heavy atom. The first-order valence-electron chi connectivity index (χ1n) is 6.94. The van der Waals surface area contributed by atoms with Crippen LogP contribution in [0.25, 0.3) is 0 Å². The van der Waals surface area contributed by atoms with Crippen molar-refractivity contribution in [2.45, 2.75) is 66.2 Å². The van der Waals surface area contributed by atoms with Gasteiger partial charge in [-0.05, 0) is 0 Å². The average Bonchev–Trinajstić information content (AvgIpc) is 2.33. The zero-order chi connectivity index (χ0) is 12.8. The van der Waals surface area contributed by atoms with Crippen LogP contribution >= 0.6 is 0 Å². The molecule has 17 heavy (non-hydrogen) atoms. The molecule has 0 spiro atoms. The topological polar surface area (TPSA) is 0 Å². The first-order chi connectivity index (χ1) is 7.62. The van der Waals surface area contributed by atoms with Gasteiger partial charge in [-0.2, -0.15) is 12.8 Å². The molecule has 2 unspecified atom stereocenters.